The van der Waals surface area contributed by atoms with Crippen molar-refractivity contribution < 1.29 is 0 Å². The van der Waals surface area contributed by atoms with Crippen molar-refractivity contribution in [2.75, 3.05) is 38.0 Å². The first-order chi connectivity index (χ1) is 14.4. The summed E-state index contributed by atoms with van der Waals surface area (Å²) in [4.78, 5) is 4.16. The molecule has 0 aromatic heterocycles. The van der Waals surface area contributed by atoms with Crippen LogP contribution in [-0.2, 0) is 12.8 Å². The standard InChI is InChI=1S/C26H22N4/c1-29(2)17-5-7-19-15(9-17)11-21-23(13-27)26-20-8-6-18(30(3)4)10-16(20)12-22(26)24(14-28)25(19)21/h5-10H,11-12H2,1-4H3. The summed E-state index contributed by atoms with van der Waals surface area (Å²) < 4.78 is 0. The Bertz CT molecular complexity index is 1210. The fraction of sp³-hybridized carbons (Fsp3) is 0.231. The first kappa shape index (κ1) is 18.3. The lowest BCUT2D eigenvalue weighted by Crippen LogP contribution is -2.08. The van der Waals surface area contributed by atoms with Gasteiger partial charge < -0.3 is 9.80 Å². The summed E-state index contributed by atoms with van der Waals surface area (Å²) in [6.45, 7) is 0. The molecule has 0 spiro atoms. The van der Waals surface area contributed by atoms with E-state index in [0.29, 0.717) is 12.8 Å². The van der Waals surface area contributed by atoms with Crippen LogP contribution in [0.3, 0.4) is 0 Å². The molecule has 0 saturated carbocycles. The molecule has 2 aliphatic carbocycles. The quantitative estimate of drug-likeness (QED) is 0.438. The van der Waals surface area contributed by atoms with Crippen LogP contribution >= 0.6 is 0 Å². The number of nitrogens with zero attached hydrogens (tertiary/aromatic N) is 4. The third-order valence-electron chi connectivity index (χ3n) is 6.41. The second-order valence-corrected chi connectivity index (χ2v) is 8.51. The van der Waals surface area contributed by atoms with Crippen LogP contribution in [0.15, 0.2) is 36.4 Å². The summed E-state index contributed by atoms with van der Waals surface area (Å²) in [5, 5.41) is 20.3. The number of hydrogen-bond acceptors (Lipinski definition) is 4. The van der Waals surface area contributed by atoms with Gasteiger partial charge in [0.2, 0.25) is 0 Å². The molecule has 0 aliphatic heterocycles. The molecule has 5 rings (SSSR count). The van der Waals surface area contributed by atoms with Crippen molar-refractivity contribution >= 4 is 11.4 Å². The Hall–Kier alpha value is -3.76. The molecule has 146 valence electrons. The largest absolute Gasteiger partial charge is 0.378 e. The second kappa shape index (κ2) is 6.37. The predicted molar refractivity (Wildman–Crippen MR) is 121 cm³/mol. The van der Waals surface area contributed by atoms with E-state index in [1.807, 2.05) is 28.2 Å². The van der Waals surface area contributed by atoms with Crippen LogP contribution in [-0.4, -0.2) is 28.2 Å². The van der Waals surface area contributed by atoms with Crippen LogP contribution in [0.5, 0.6) is 0 Å². The highest BCUT2D eigenvalue weighted by Crippen LogP contribution is 2.50. The third-order valence-corrected chi connectivity index (χ3v) is 6.41. The molecule has 0 radical (unpaired) electrons. The summed E-state index contributed by atoms with van der Waals surface area (Å²) >= 11 is 0. The number of nitriles is 2. The average molecular weight is 390 g/mol. The number of anilines is 2. The molecule has 4 heteroatoms. The molecular formula is C26H22N4. The Morgan fingerprint density at radius 2 is 1.07 bits per heavy atom. The van der Waals surface area contributed by atoms with E-state index in [0.717, 1.165) is 55.9 Å². The van der Waals surface area contributed by atoms with Crippen LogP contribution in [0.1, 0.15) is 33.4 Å². The number of fused-ring (bicyclic) bond motifs is 6. The molecule has 4 nitrogen and oxygen atoms in total. The van der Waals surface area contributed by atoms with Gasteiger partial charge in [0.05, 0.1) is 11.1 Å². The summed E-state index contributed by atoms with van der Waals surface area (Å²) in [6, 6.07) is 17.8. The van der Waals surface area contributed by atoms with E-state index in [-0.39, 0.29) is 0 Å². The SMILES string of the molecule is CN(C)c1ccc2c(c1)Cc1c(C#N)c3c(c(C#N)c1-2)Cc1cc(N(C)C)ccc1-3. The van der Waals surface area contributed by atoms with Crippen molar-refractivity contribution in [2.24, 2.45) is 0 Å². The maximum absolute atomic E-state index is 10.2. The maximum atomic E-state index is 10.2. The van der Waals surface area contributed by atoms with Gasteiger partial charge in [-0.1, -0.05) is 12.1 Å². The Morgan fingerprint density at radius 1 is 0.667 bits per heavy atom. The molecule has 3 aromatic rings. The minimum Gasteiger partial charge on any atom is -0.378 e. The van der Waals surface area contributed by atoms with Crippen molar-refractivity contribution in [3.8, 4) is 34.4 Å². The second-order valence-electron chi connectivity index (χ2n) is 8.51. The summed E-state index contributed by atoms with van der Waals surface area (Å²) in [5.41, 5.74) is 12.2. The van der Waals surface area contributed by atoms with Gasteiger partial charge in [-0.15, -0.1) is 0 Å². The van der Waals surface area contributed by atoms with Crippen molar-refractivity contribution in [3.63, 3.8) is 0 Å². The van der Waals surface area contributed by atoms with Gasteiger partial charge in [-0.25, -0.2) is 0 Å². The van der Waals surface area contributed by atoms with E-state index in [1.165, 1.54) is 11.1 Å². The lowest BCUT2D eigenvalue weighted by Gasteiger charge is -2.15. The van der Waals surface area contributed by atoms with Gasteiger partial charge in [0.1, 0.15) is 12.1 Å². The molecule has 3 aromatic carbocycles. The van der Waals surface area contributed by atoms with Crippen molar-refractivity contribution in [1.29, 1.82) is 10.5 Å². The lowest BCUT2D eigenvalue weighted by atomic mass is 9.87. The highest BCUT2D eigenvalue weighted by Gasteiger charge is 2.34. The smallest absolute Gasteiger partial charge is 0.100 e. The number of rotatable bonds is 2. The predicted octanol–water partition coefficient (Wildman–Crippen LogP) is 4.70. The maximum Gasteiger partial charge on any atom is 0.100 e. The van der Waals surface area contributed by atoms with Crippen LogP contribution in [0, 0.1) is 22.7 Å². The molecule has 0 bridgehead atoms. The molecule has 0 N–H and O–H groups in total. The van der Waals surface area contributed by atoms with E-state index in [4.69, 9.17) is 0 Å². The van der Waals surface area contributed by atoms with E-state index in [1.54, 1.807) is 0 Å². The summed E-state index contributed by atoms with van der Waals surface area (Å²) in [5.74, 6) is 0. The zero-order valence-electron chi connectivity index (χ0n) is 17.7. The van der Waals surface area contributed by atoms with Gasteiger partial charge in [-0.2, -0.15) is 10.5 Å². The van der Waals surface area contributed by atoms with Gasteiger partial charge in [0, 0.05) is 63.5 Å². The Kier molecular flexibility index (Phi) is 3.88. The monoisotopic (exact) mass is 390 g/mol. The molecule has 0 saturated heterocycles. The van der Waals surface area contributed by atoms with Crippen molar-refractivity contribution in [3.05, 3.63) is 69.8 Å². The zero-order chi connectivity index (χ0) is 21.2. The molecule has 30 heavy (non-hydrogen) atoms. The number of benzene rings is 3. The fourth-order valence-electron chi connectivity index (χ4n) is 4.93. The molecule has 0 atom stereocenters. The first-order valence-electron chi connectivity index (χ1n) is 10.1. The Morgan fingerprint density at radius 3 is 1.40 bits per heavy atom. The van der Waals surface area contributed by atoms with E-state index >= 15 is 0 Å². The minimum atomic E-state index is 0.697. The van der Waals surface area contributed by atoms with Gasteiger partial charge >= 0.3 is 0 Å². The highest BCUT2D eigenvalue weighted by molar-refractivity contribution is 5.95. The normalized spacial score (nSPS) is 12.3. The van der Waals surface area contributed by atoms with Gasteiger partial charge in [-0.3, -0.25) is 0 Å². The van der Waals surface area contributed by atoms with Gasteiger partial charge in [-0.05, 0) is 57.6 Å². The zero-order valence-corrected chi connectivity index (χ0v) is 17.7. The topological polar surface area (TPSA) is 54.1 Å². The van der Waals surface area contributed by atoms with E-state index in [9.17, 15) is 10.5 Å². The molecule has 0 unspecified atom stereocenters. The molecule has 0 fully saturated rings. The van der Waals surface area contributed by atoms with E-state index in [2.05, 4.69) is 58.3 Å². The third kappa shape index (κ3) is 2.38. The average Bonchev–Trinajstić information content (AvgIpc) is 3.29. The van der Waals surface area contributed by atoms with Crippen LogP contribution in [0.25, 0.3) is 22.3 Å². The molecule has 0 heterocycles. The van der Waals surface area contributed by atoms with E-state index < -0.39 is 0 Å². The van der Waals surface area contributed by atoms with Crippen molar-refractivity contribution in [2.45, 2.75) is 12.8 Å². The number of hydrogen-bond donors (Lipinski definition) is 0. The highest BCUT2D eigenvalue weighted by atomic mass is 15.1. The minimum absolute atomic E-state index is 0.697. The molecule has 2 aliphatic rings. The summed E-state index contributed by atoms with van der Waals surface area (Å²) in [7, 11) is 8.11. The van der Waals surface area contributed by atoms with Gasteiger partial charge in [0.25, 0.3) is 0 Å². The summed E-state index contributed by atoms with van der Waals surface area (Å²) in [6.07, 6.45) is 1.39. The fourth-order valence-corrected chi connectivity index (χ4v) is 4.93. The van der Waals surface area contributed by atoms with Crippen LogP contribution < -0.4 is 9.80 Å². The Balaban J connectivity index is 1.78. The molecular weight excluding hydrogens is 368 g/mol. The lowest BCUT2D eigenvalue weighted by molar-refractivity contribution is 1.12. The molecule has 0 amide bonds. The van der Waals surface area contributed by atoms with Crippen molar-refractivity contribution in [1.82, 2.24) is 0 Å². The van der Waals surface area contributed by atoms with Gasteiger partial charge in [0.15, 0.2) is 0 Å². The van der Waals surface area contributed by atoms with Crippen LogP contribution in [0.2, 0.25) is 0 Å². The first-order valence-corrected chi connectivity index (χ1v) is 10.1. The Labute approximate surface area is 177 Å². The van der Waals surface area contributed by atoms with Crippen LogP contribution in [0.4, 0.5) is 11.4 Å².